The van der Waals surface area contributed by atoms with Crippen LogP contribution in [0, 0.1) is 0 Å². The van der Waals surface area contributed by atoms with Crippen molar-refractivity contribution in [3.8, 4) is 0 Å². The van der Waals surface area contributed by atoms with Gasteiger partial charge in [0.15, 0.2) is 6.33 Å². The van der Waals surface area contributed by atoms with Gasteiger partial charge in [-0.2, -0.15) is 4.98 Å². The molecule has 2 aromatic heterocycles. The second kappa shape index (κ2) is 5.30. The van der Waals surface area contributed by atoms with E-state index in [1.54, 1.807) is 0 Å². The van der Waals surface area contributed by atoms with E-state index in [0.717, 1.165) is 26.1 Å². The van der Waals surface area contributed by atoms with Gasteiger partial charge in [0.25, 0.3) is 0 Å². The van der Waals surface area contributed by atoms with Crippen LogP contribution in [0.1, 0.15) is 30.3 Å². The van der Waals surface area contributed by atoms with E-state index in [0.29, 0.717) is 11.8 Å². The van der Waals surface area contributed by atoms with Crippen LogP contribution in [0.3, 0.4) is 0 Å². The molecule has 0 aromatic carbocycles. The Balaban J connectivity index is 1.67. The van der Waals surface area contributed by atoms with Gasteiger partial charge in [0.2, 0.25) is 5.89 Å². The summed E-state index contributed by atoms with van der Waals surface area (Å²) in [6.07, 6.45) is 8.53. The first-order chi connectivity index (χ1) is 8.93. The summed E-state index contributed by atoms with van der Waals surface area (Å²) in [6.45, 7) is 3.02. The van der Waals surface area contributed by atoms with Crippen molar-refractivity contribution in [1.82, 2.24) is 25.0 Å². The Morgan fingerprint density at radius 2 is 2.50 bits per heavy atom. The topological polar surface area (TPSA) is 68.8 Å². The molecule has 0 amide bonds. The highest BCUT2D eigenvalue weighted by Gasteiger charge is 2.18. The van der Waals surface area contributed by atoms with Crippen molar-refractivity contribution in [2.45, 2.75) is 31.7 Å². The standard InChI is InChI=1S/C12H17N5O/c1-2-10(6-13-4-1)11-7-14-9-17(11)5-3-12-15-8-16-18-12/h7-10,13H,1-6H2. The van der Waals surface area contributed by atoms with Gasteiger partial charge in [0.1, 0.15) is 0 Å². The summed E-state index contributed by atoms with van der Waals surface area (Å²) in [5.41, 5.74) is 1.31. The summed E-state index contributed by atoms with van der Waals surface area (Å²) in [4.78, 5) is 8.30. The van der Waals surface area contributed by atoms with Crippen molar-refractivity contribution in [2.75, 3.05) is 13.1 Å². The first kappa shape index (κ1) is 11.4. The van der Waals surface area contributed by atoms with Gasteiger partial charge < -0.3 is 14.4 Å². The molecule has 1 unspecified atom stereocenters. The largest absolute Gasteiger partial charge is 0.340 e. The molecule has 3 heterocycles. The molecule has 18 heavy (non-hydrogen) atoms. The Hall–Kier alpha value is -1.69. The van der Waals surface area contributed by atoms with Gasteiger partial charge >= 0.3 is 0 Å². The zero-order valence-electron chi connectivity index (χ0n) is 10.2. The minimum Gasteiger partial charge on any atom is -0.340 e. The van der Waals surface area contributed by atoms with Gasteiger partial charge in [0, 0.05) is 37.3 Å². The van der Waals surface area contributed by atoms with Crippen LogP contribution >= 0.6 is 0 Å². The molecule has 1 saturated heterocycles. The first-order valence-corrected chi connectivity index (χ1v) is 6.40. The van der Waals surface area contributed by atoms with Crippen LogP contribution in [0.4, 0.5) is 0 Å². The minimum absolute atomic E-state index is 0.573. The number of hydrogen-bond acceptors (Lipinski definition) is 5. The number of aromatic nitrogens is 4. The molecular formula is C12H17N5O. The average molecular weight is 247 g/mol. The lowest BCUT2D eigenvalue weighted by molar-refractivity contribution is 0.368. The van der Waals surface area contributed by atoms with Crippen LogP contribution in [0.5, 0.6) is 0 Å². The fourth-order valence-corrected chi connectivity index (χ4v) is 2.48. The zero-order valence-corrected chi connectivity index (χ0v) is 10.2. The maximum atomic E-state index is 5.01. The van der Waals surface area contributed by atoms with Crippen LogP contribution in [-0.4, -0.2) is 32.8 Å². The van der Waals surface area contributed by atoms with Crippen molar-refractivity contribution in [2.24, 2.45) is 0 Å². The second-order valence-corrected chi connectivity index (χ2v) is 4.64. The molecule has 2 aromatic rings. The molecule has 6 heteroatoms. The fourth-order valence-electron chi connectivity index (χ4n) is 2.48. The van der Waals surface area contributed by atoms with E-state index in [4.69, 9.17) is 4.52 Å². The van der Waals surface area contributed by atoms with Crippen molar-refractivity contribution in [3.05, 3.63) is 30.4 Å². The van der Waals surface area contributed by atoms with Gasteiger partial charge in [-0.05, 0) is 19.4 Å². The van der Waals surface area contributed by atoms with E-state index >= 15 is 0 Å². The minimum atomic E-state index is 0.573. The van der Waals surface area contributed by atoms with E-state index in [1.165, 1.54) is 24.9 Å². The fraction of sp³-hybridized carbons (Fsp3) is 0.583. The predicted molar refractivity (Wildman–Crippen MR) is 65.1 cm³/mol. The van der Waals surface area contributed by atoms with Gasteiger partial charge in [-0.25, -0.2) is 4.98 Å². The molecular weight excluding hydrogens is 230 g/mol. The van der Waals surface area contributed by atoms with Gasteiger partial charge in [-0.3, -0.25) is 0 Å². The Morgan fingerprint density at radius 3 is 3.28 bits per heavy atom. The van der Waals surface area contributed by atoms with Crippen LogP contribution in [0.15, 0.2) is 23.4 Å². The van der Waals surface area contributed by atoms with Gasteiger partial charge in [0.05, 0.1) is 6.33 Å². The van der Waals surface area contributed by atoms with Crippen LogP contribution < -0.4 is 5.32 Å². The second-order valence-electron chi connectivity index (χ2n) is 4.64. The van der Waals surface area contributed by atoms with Gasteiger partial charge in [-0.1, -0.05) is 5.16 Å². The van der Waals surface area contributed by atoms with E-state index in [9.17, 15) is 0 Å². The lowest BCUT2D eigenvalue weighted by Gasteiger charge is -2.23. The molecule has 6 nitrogen and oxygen atoms in total. The van der Waals surface area contributed by atoms with E-state index in [-0.39, 0.29) is 0 Å². The van der Waals surface area contributed by atoms with Crippen LogP contribution in [0.2, 0.25) is 0 Å². The highest BCUT2D eigenvalue weighted by molar-refractivity contribution is 5.08. The quantitative estimate of drug-likeness (QED) is 0.872. The third kappa shape index (κ3) is 2.43. The third-order valence-electron chi connectivity index (χ3n) is 3.43. The maximum Gasteiger partial charge on any atom is 0.228 e. The average Bonchev–Trinajstić information content (AvgIpc) is 3.09. The molecule has 0 radical (unpaired) electrons. The van der Waals surface area contributed by atoms with Gasteiger partial charge in [-0.15, -0.1) is 0 Å². The summed E-state index contributed by atoms with van der Waals surface area (Å²) in [5.74, 6) is 1.25. The Labute approximate surface area is 105 Å². The molecule has 96 valence electrons. The Morgan fingerprint density at radius 1 is 1.50 bits per heavy atom. The monoisotopic (exact) mass is 247 g/mol. The number of nitrogens with one attached hydrogen (secondary N) is 1. The number of aryl methyl sites for hydroxylation is 2. The van der Waals surface area contributed by atoms with Crippen molar-refractivity contribution in [1.29, 1.82) is 0 Å². The van der Waals surface area contributed by atoms with Crippen LogP contribution in [-0.2, 0) is 13.0 Å². The number of piperidine rings is 1. The third-order valence-corrected chi connectivity index (χ3v) is 3.43. The highest BCUT2D eigenvalue weighted by atomic mass is 16.5. The zero-order chi connectivity index (χ0) is 12.2. The Kier molecular flexibility index (Phi) is 3.36. The molecule has 3 rings (SSSR count). The summed E-state index contributed by atoms with van der Waals surface area (Å²) >= 11 is 0. The molecule has 0 bridgehead atoms. The molecule has 1 fully saturated rings. The maximum absolute atomic E-state index is 5.01. The van der Waals surface area contributed by atoms with E-state index < -0.39 is 0 Å². The lowest BCUT2D eigenvalue weighted by Crippen LogP contribution is -2.29. The normalized spacial score (nSPS) is 20.1. The SMILES string of the molecule is c1noc(CCn2cncc2C2CCCNC2)n1. The van der Waals surface area contributed by atoms with Crippen molar-refractivity contribution in [3.63, 3.8) is 0 Å². The summed E-state index contributed by atoms with van der Waals surface area (Å²) in [6, 6.07) is 0. The molecule has 1 N–H and O–H groups in total. The Bertz CT molecular complexity index is 472. The predicted octanol–water partition coefficient (Wildman–Crippen LogP) is 0.976. The molecule has 0 spiro atoms. The first-order valence-electron chi connectivity index (χ1n) is 6.40. The molecule has 0 saturated carbocycles. The molecule has 1 aliphatic heterocycles. The molecule has 0 aliphatic carbocycles. The van der Waals surface area contributed by atoms with E-state index in [1.807, 2.05) is 12.5 Å². The summed E-state index contributed by atoms with van der Waals surface area (Å²) in [7, 11) is 0. The van der Waals surface area contributed by atoms with Crippen LogP contribution in [0.25, 0.3) is 0 Å². The highest BCUT2D eigenvalue weighted by Crippen LogP contribution is 2.22. The summed E-state index contributed by atoms with van der Waals surface area (Å²) in [5, 5.41) is 7.05. The van der Waals surface area contributed by atoms with Crippen molar-refractivity contribution < 1.29 is 4.52 Å². The number of hydrogen-bond donors (Lipinski definition) is 1. The number of imidazole rings is 1. The summed E-state index contributed by atoms with van der Waals surface area (Å²) < 4.78 is 7.21. The molecule has 1 aliphatic rings. The number of rotatable bonds is 4. The molecule has 1 atom stereocenters. The smallest absolute Gasteiger partial charge is 0.228 e. The van der Waals surface area contributed by atoms with Crippen molar-refractivity contribution >= 4 is 0 Å². The van der Waals surface area contributed by atoms with E-state index in [2.05, 4.69) is 25.0 Å². The lowest BCUT2D eigenvalue weighted by atomic mass is 9.96. The number of nitrogens with zero attached hydrogens (tertiary/aromatic N) is 4.